The molecule has 6 heteroatoms. The van der Waals surface area contributed by atoms with Crippen LogP contribution in [-0.2, 0) is 4.79 Å². The zero-order valence-electron chi connectivity index (χ0n) is 7.50. The third-order valence-corrected chi connectivity index (χ3v) is 1.97. The van der Waals surface area contributed by atoms with Gasteiger partial charge in [0.05, 0.1) is 0 Å². The van der Waals surface area contributed by atoms with Crippen LogP contribution in [0.4, 0.5) is 8.78 Å². The normalized spacial score (nSPS) is 20.0. The summed E-state index contributed by atoms with van der Waals surface area (Å²) in [5, 5.41) is 2.25. The number of benzene rings is 1. The Morgan fingerprint density at radius 3 is 2.33 bits per heavy atom. The summed E-state index contributed by atoms with van der Waals surface area (Å²) in [5.41, 5.74) is 5.40. The van der Waals surface area contributed by atoms with Gasteiger partial charge in [-0.3, -0.25) is 10.1 Å². The van der Waals surface area contributed by atoms with Crippen molar-refractivity contribution in [1.29, 1.82) is 0 Å². The Bertz CT molecular complexity index is 438. The molecule has 1 atom stereocenters. The van der Waals surface area contributed by atoms with E-state index in [1.54, 1.807) is 0 Å². The van der Waals surface area contributed by atoms with Crippen LogP contribution in [0.1, 0.15) is 11.6 Å². The van der Waals surface area contributed by atoms with Crippen molar-refractivity contribution in [2.75, 3.05) is 0 Å². The minimum absolute atomic E-state index is 0.0466. The van der Waals surface area contributed by atoms with Crippen LogP contribution in [0.25, 0.3) is 0 Å². The van der Waals surface area contributed by atoms with Crippen molar-refractivity contribution >= 4 is 11.9 Å². The summed E-state index contributed by atoms with van der Waals surface area (Å²) in [4.78, 5) is 15.0. The lowest BCUT2D eigenvalue weighted by Gasteiger charge is -2.04. The third-order valence-electron chi connectivity index (χ3n) is 1.97. The summed E-state index contributed by atoms with van der Waals surface area (Å²) in [6.45, 7) is 0. The number of amides is 1. The van der Waals surface area contributed by atoms with E-state index in [0.29, 0.717) is 0 Å². The number of hydrogen-bond acceptors (Lipinski definition) is 3. The molecule has 0 saturated heterocycles. The molecule has 3 N–H and O–H groups in total. The molecular formula is C9H7F2N3O. The first-order valence-electron chi connectivity index (χ1n) is 4.16. The molecule has 78 valence electrons. The van der Waals surface area contributed by atoms with Gasteiger partial charge in [-0.25, -0.2) is 13.8 Å². The minimum atomic E-state index is -0.963. The van der Waals surface area contributed by atoms with E-state index >= 15 is 0 Å². The number of halogens is 2. The Balaban J connectivity index is 2.41. The number of nitrogens with two attached hydrogens (primary N) is 1. The van der Waals surface area contributed by atoms with Crippen LogP contribution in [0.5, 0.6) is 0 Å². The summed E-state index contributed by atoms with van der Waals surface area (Å²) >= 11 is 0. The van der Waals surface area contributed by atoms with Crippen molar-refractivity contribution < 1.29 is 13.6 Å². The fourth-order valence-corrected chi connectivity index (χ4v) is 1.38. The average Bonchev–Trinajstić information content (AvgIpc) is 2.43. The highest BCUT2D eigenvalue weighted by Crippen LogP contribution is 2.22. The van der Waals surface area contributed by atoms with Gasteiger partial charge in [-0.1, -0.05) is 0 Å². The molecule has 0 fully saturated rings. The predicted octanol–water partition coefficient (Wildman–Crippen LogP) is 0.450. The van der Waals surface area contributed by atoms with E-state index in [1.165, 1.54) is 0 Å². The van der Waals surface area contributed by atoms with Crippen LogP contribution in [0, 0.1) is 11.6 Å². The van der Waals surface area contributed by atoms with Gasteiger partial charge in [0.1, 0.15) is 11.6 Å². The van der Waals surface area contributed by atoms with Crippen LogP contribution >= 0.6 is 0 Å². The first-order valence-corrected chi connectivity index (χ1v) is 4.16. The fourth-order valence-electron chi connectivity index (χ4n) is 1.38. The zero-order valence-corrected chi connectivity index (χ0v) is 7.50. The Labute approximate surface area is 83.8 Å². The molecule has 1 aliphatic heterocycles. The molecule has 2 rings (SSSR count). The molecular weight excluding hydrogens is 204 g/mol. The molecule has 1 aromatic carbocycles. The molecule has 1 unspecified atom stereocenters. The quantitative estimate of drug-likeness (QED) is 0.708. The lowest BCUT2D eigenvalue weighted by Crippen LogP contribution is -2.31. The predicted molar refractivity (Wildman–Crippen MR) is 48.9 cm³/mol. The van der Waals surface area contributed by atoms with Gasteiger partial charge in [0.15, 0.2) is 12.0 Å². The molecule has 1 heterocycles. The lowest BCUT2D eigenvalue weighted by molar-refractivity contribution is -0.120. The first-order chi connectivity index (χ1) is 7.06. The van der Waals surface area contributed by atoms with Crippen molar-refractivity contribution in [3.63, 3.8) is 0 Å². The molecule has 0 saturated carbocycles. The van der Waals surface area contributed by atoms with Crippen LogP contribution in [0.2, 0.25) is 0 Å². The van der Waals surface area contributed by atoms with Gasteiger partial charge in [0.25, 0.3) is 5.91 Å². The highest BCUT2D eigenvalue weighted by Gasteiger charge is 2.27. The second-order valence-corrected chi connectivity index (χ2v) is 3.11. The molecule has 0 spiro atoms. The van der Waals surface area contributed by atoms with Gasteiger partial charge in [0, 0.05) is 6.07 Å². The molecule has 4 nitrogen and oxygen atoms in total. The maximum absolute atomic E-state index is 12.9. The largest absolute Gasteiger partial charge is 0.370 e. The molecule has 0 radical (unpaired) electrons. The molecule has 0 aromatic heterocycles. The number of rotatable bonds is 1. The van der Waals surface area contributed by atoms with Crippen LogP contribution in [0.3, 0.4) is 0 Å². The monoisotopic (exact) mass is 211 g/mol. The SMILES string of the molecule is NC1=NC(c2cc(F)cc(F)c2)C(=O)N1. The Hall–Kier alpha value is -1.98. The highest BCUT2D eigenvalue weighted by atomic mass is 19.1. The van der Waals surface area contributed by atoms with Crippen molar-refractivity contribution in [2.24, 2.45) is 10.7 Å². The number of carbonyl (C=O) groups is 1. The Kier molecular flexibility index (Phi) is 2.11. The molecule has 15 heavy (non-hydrogen) atoms. The van der Waals surface area contributed by atoms with Crippen molar-refractivity contribution in [2.45, 2.75) is 6.04 Å². The average molecular weight is 211 g/mol. The van der Waals surface area contributed by atoms with Crippen molar-refractivity contribution in [1.82, 2.24) is 5.32 Å². The maximum atomic E-state index is 12.9. The summed E-state index contributed by atoms with van der Waals surface area (Å²) in [5.74, 6) is -2.04. The van der Waals surface area contributed by atoms with E-state index in [4.69, 9.17) is 5.73 Å². The van der Waals surface area contributed by atoms with E-state index < -0.39 is 23.6 Å². The summed E-state index contributed by atoms with van der Waals surface area (Å²) in [6, 6.07) is 1.86. The van der Waals surface area contributed by atoms with Crippen molar-refractivity contribution in [3.8, 4) is 0 Å². The summed E-state index contributed by atoms with van der Waals surface area (Å²) in [6.07, 6.45) is 0. The number of hydrogen-bond donors (Lipinski definition) is 2. The number of aliphatic imine (C=N–C) groups is 1. The second-order valence-electron chi connectivity index (χ2n) is 3.11. The van der Waals surface area contributed by atoms with Crippen LogP contribution in [0.15, 0.2) is 23.2 Å². The van der Waals surface area contributed by atoms with Crippen molar-refractivity contribution in [3.05, 3.63) is 35.4 Å². The number of guanidine groups is 1. The van der Waals surface area contributed by atoms with E-state index in [-0.39, 0.29) is 11.5 Å². The molecule has 1 amide bonds. The fraction of sp³-hybridized carbons (Fsp3) is 0.111. The smallest absolute Gasteiger partial charge is 0.256 e. The molecule has 0 aliphatic carbocycles. The number of carbonyl (C=O) groups excluding carboxylic acids is 1. The topological polar surface area (TPSA) is 67.5 Å². The van der Waals surface area contributed by atoms with Gasteiger partial charge < -0.3 is 5.73 Å². The second kappa shape index (κ2) is 3.30. The van der Waals surface area contributed by atoms with E-state index in [2.05, 4.69) is 10.3 Å². The Morgan fingerprint density at radius 2 is 1.87 bits per heavy atom. The highest BCUT2D eigenvalue weighted by molar-refractivity contribution is 6.04. The van der Waals surface area contributed by atoms with E-state index in [1.807, 2.05) is 0 Å². The van der Waals surface area contributed by atoms with E-state index in [0.717, 1.165) is 18.2 Å². The number of nitrogens with one attached hydrogen (secondary N) is 1. The van der Waals surface area contributed by atoms with E-state index in [9.17, 15) is 13.6 Å². The minimum Gasteiger partial charge on any atom is -0.370 e. The number of nitrogens with zero attached hydrogens (tertiary/aromatic N) is 1. The zero-order chi connectivity index (χ0) is 11.0. The molecule has 1 aromatic rings. The third kappa shape index (κ3) is 1.78. The molecule has 0 bridgehead atoms. The standard InChI is InChI=1S/C9H7F2N3O/c10-5-1-4(2-6(11)3-5)7-8(15)14-9(12)13-7/h1-3,7H,(H3,12,13,14,15). The van der Waals surface area contributed by atoms with Gasteiger partial charge in [-0.05, 0) is 17.7 Å². The van der Waals surface area contributed by atoms with Gasteiger partial charge in [0.2, 0.25) is 0 Å². The maximum Gasteiger partial charge on any atom is 0.256 e. The van der Waals surface area contributed by atoms with Gasteiger partial charge in [-0.15, -0.1) is 0 Å². The lowest BCUT2D eigenvalue weighted by atomic mass is 10.1. The van der Waals surface area contributed by atoms with Gasteiger partial charge in [-0.2, -0.15) is 0 Å². The van der Waals surface area contributed by atoms with Gasteiger partial charge >= 0.3 is 0 Å². The molecule has 1 aliphatic rings. The summed E-state index contributed by atoms with van der Waals surface area (Å²) in [7, 11) is 0. The summed E-state index contributed by atoms with van der Waals surface area (Å²) < 4.78 is 25.7. The van der Waals surface area contributed by atoms with Crippen LogP contribution < -0.4 is 11.1 Å². The van der Waals surface area contributed by atoms with Crippen LogP contribution in [-0.4, -0.2) is 11.9 Å². The Morgan fingerprint density at radius 1 is 1.27 bits per heavy atom. The first kappa shape index (κ1) is 9.57.